The molecule has 0 spiro atoms. The van der Waals surface area contributed by atoms with E-state index in [9.17, 15) is 9.59 Å². The topological polar surface area (TPSA) is 82.5 Å². The molecule has 0 aliphatic carbocycles. The molecule has 1 N–H and O–H groups in total. The van der Waals surface area contributed by atoms with Crippen molar-refractivity contribution in [3.05, 3.63) is 64.1 Å². The van der Waals surface area contributed by atoms with Gasteiger partial charge in [-0.05, 0) is 51.0 Å². The third-order valence-electron chi connectivity index (χ3n) is 5.23. The van der Waals surface area contributed by atoms with Crippen molar-refractivity contribution in [1.29, 1.82) is 0 Å². The van der Waals surface area contributed by atoms with Crippen molar-refractivity contribution in [3.63, 3.8) is 0 Å². The number of pyridine rings is 2. The van der Waals surface area contributed by atoms with Crippen molar-refractivity contribution in [2.24, 2.45) is 0 Å². The largest absolute Gasteiger partial charge is 0.489 e. The Hall–Kier alpha value is -3.19. The summed E-state index contributed by atoms with van der Waals surface area (Å²) in [5.74, 6) is 0.0769. The molecule has 7 nitrogen and oxygen atoms in total. The maximum absolute atomic E-state index is 13.0. The monoisotopic (exact) mass is 407 g/mol. The van der Waals surface area contributed by atoms with E-state index in [1.54, 1.807) is 30.5 Å². The van der Waals surface area contributed by atoms with Gasteiger partial charge in [0, 0.05) is 25.0 Å². The number of carbonyl (C=O) groups excluding carboxylic acids is 1. The molecule has 0 bridgehead atoms. The zero-order valence-electron chi connectivity index (χ0n) is 17.2. The highest BCUT2D eigenvalue weighted by molar-refractivity contribution is 6.06. The van der Waals surface area contributed by atoms with E-state index >= 15 is 0 Å². The molecule has 30 heavy (non-hydrogen) atoms. The van der Waals surface area contributed by atoms with Crippen LogP contribution >= 0.6 is 0 Å². The van der Waals surface area contributed by atoms with Gasteiger partial charge in [-0.15, -0.1) is 0 Å². The number of nitrogens with one attached hydrogen (secondary N) is 1. The van der Waals surface area contributed by atoms with Crippen molar-refractivity contribution in [1.82, 2.24) is 9.55 Å². The normalized spacial score (nSPS) is 16.0. The molecule has 3 heterocycles. The summed E-state index contributed by atoms with van der Waals surface area (Å²) in [6, 6.07) is 10.7. The zero-order valence-corrected chi connectivity index (χ0v) is 17.2. The first-order valence-electron chi connectivity index (χ1n) is 10.2. The summed E-state index contributed by atoms with van der Waals surface area (Å²) < 4.78 is 13.3. The van der Waals surface area contributed by atoms with E-state index in [1.807, 2.05) is 30.5 Å². The van der Waals surface area contributed by atoms with Gasteiger partial charge in [-0.3, -0.25) is 9.59 Å². The fourth-order valence-corrected chi connectivity index (χ4v) is 3.61. The Morgan fingerprint density at radius 2 is 2.13 bits per heavy atom. The highest BCUT2D eigenvalue weighted by atomic mass is 16.5. The second-order valence-corrected chi connectivity index (χ2v) is 7.38. The first-order valence-corrected chi connectivity index (χ1v) is 10.2. The number of fused-ring (bicyclic) bond motifs is 1. The van der Waals surface area contributed by atoms with Crippen molar-refractivity contribution in [3.8, 4) is 5.75 Å². The molecule has 1 saturated heterocycles. The number of carbonyl (C=O) groups is 1. The molecule has 0 saturated carbocycles. The zero-order chi connectivity index (χ0) is 21.1. The number of amides is 1. The summed E-state index contributed by atoms with van der Waals surface area (Å²) in [7, 11) is 0. The van der Waals surface area contributed by atoms with E-state index in [4.69, 9.17) is 9.47 Å². The van der Waals surface area contributed by atoms with Crippen molar-refractivity contribution in [2.45, 2.75) is 39.3 Å². The van der Waals surface area contributed by atoms with Crippen LogP contribution in [0.4, 0.5) is 5.69 Å². The van der Waals surface area contributed by atoms with Gasteiger partial charge in [0.05, 0.1) is 17.2 Å². The molecule has 0 radical (unpaired) electrons. The molecule has 3 aromatic rings. The number of hydrogen-bond acceptors (Lipinski definition) is 5. The number of rotatable bonds is 6. The number of para-hydroxylation sites is 2. The Kier molecular flexibility index (Phi) is 5.81. The van der Waals surface area contributed by atoms with Crippen LogP contribution in [0, 0.1) is 6.92 Å². The molecule has 156 valence electrons. The summed E-state index contributed by atoms with van der Waals surface area (Å²) in [5.41, 5.74) is 1.66. The molecule has 4 rings (SSSR count). The Balaban J connectivity index is 1.61. The first kappa shape index (κ1) is 20.1. The van der Waals surface area contributed by atoms with Crippen molar-refractivity contribution < 1.29 is 14.3 Å². The van der Waals surface area contributed by atoms with Crippen LogP contribution in [0.5, 0.6) is 5.75 Å². The number of hydrogen-bond donors (Lipinski definition) is 1. The van der Waals surface area contributed by atoms with Gasteiger partial charge in [-0.1, -0.05) is 12.1 Å². The van der Waals surface area contributed by atoms with Crippen LogP contribution in [0.15, 0.2) is 47.4 Å². The lowest BCUT2D eigenvalue weighted by atomic mass is 10.1. The predicted molar refractivity (Wildman–Crippen MR) is 115 cm³/mol. The minimum atomic E-state index is -0.474. The van der Waals surface area contributed by atoms with Crippen molar-refractivity contribution in [2.75, 3.05) is 18.5 Å². The van der Waals surface area contributed by atoms with E-state index in [-0.39, 0.29) is 17.1 Å². The number of anilines is 1. The third-order valence-corrected chi connectivity index (χ3v) is 5.23. The average Bonchev–Trinajstić information content (AvgIpc) is 3.27. The van der Waals surface area contributed by atoms with Gasteiger partial charge in [-0.25, -0.2) is 4.98 Å². The van der Waals surface area contributed by atoms with Gasteiger partial charge in [0.25, 0.3) is 5.91 Å². The molecular weight excluding hydrogens is 382 g/mol. The SMILES string of the molecule is CCn1cc(C(=O)Nc2ccccc2OCC2CCCO2)c(=O)c2ccc(C)nc21. The lowest BCUT2D eigenvalue weighted by Gasteiger charge is -2.16. The van der Waals surface area contributed by atoms with Gasteiger partial charge < -0.3 is 19.4 Å². The number of aryl methyl sites for hydroxylation is 2. The Labute approximate surface area is 174 Å². The second-order valence-electron chi connectivity index (χ2n) is 7.38. The van der Waals surface area contributed by atoms with Gasteiger partial charge in [-0.2, -0.15) is 0 Å². The van der Waals surface area contributed by atoms with E-state index in [0.717, 1.165) is 25.1 Å². The Morgan fingerprint density at radius 3 is 2.90 bits per heavy atom. The minimum Gasteiger partial charge on any atom is -0.489 e. The van der Waals surface area contributed by atoms with Crippen LogP contribution in [0.2, 0.25) is 0 Å². The maximum atomic E-state index is 13.0. The number of benzene rings is 1. The fraction of sp³-hybridized carbons (Fsp3) is 0.348. The highest BCUT2D eigenvalue weighted by Crippen LogP contribution is 2.25. The predicted octanol–water partition coefficient (Wildman–Crippen LogP) is 3.53. The van der Waals surface area contributed by atoms with Crippen LogP contribution in [-0.2, 0) is 11.3 Å². The molecule has 1 aliphatic rings. The second kappa shape index (κ2) is 8.67. The summed E-state index contributed by atoms with van der Waals surface area (Å²) in [6.45, 7) is 5.60. The molecule has 1 unspecified atom stereocenters. The molecule has 1 atom stereocenters. The Bertz CT molecular complexity index is 1130. The fourth-order valence-electron chi connectivity index (χ4n) is 3.61. The molecule has 1 amide bonds. The standard InChI is InChI=1S/C23H25N3O4/c1-3-26-13-18(21(27)17-11-10-15(2)24-22(17)26)23(28)25-19-8-4-5-9-20(19)30-14-16-7-6-12-29-16/h4-5,8-11,13,16H,3,6-7,12,14H2,1-2H3,(H,25,28). The average molecular weight is 407 g/mol. The van der Waals surface area contributed by atoms with Gasteiger partial charge in [0.2, 0.25) is 5.43 Å². The van der Waals surface area contributed by atoms with Gasteiger partial charge in [0.15, 0.2) is 0 Å². The van der Waals surface area contributed by atoms with E-state index in [0.29, 0.717) is 35.6 Å². The molecule has 1 fully saturated rings. The van der Waals surface area contributed by atoms with Gasteiger partial charge >= 0.3 is 0 Å². The molecule has 1 aromatic carbocycles. The minimum absolute atomic E-state index is 0.0713. The van der Waals surface area contributed by atoms with Crippen LogP contribution in [0.1, 0.15) is 35.8 Å². The molecule has 7 heteroatoms. The quantitative estimate of drug-likeness (QED) is 0.676. The lowest BCUT2D eigenvalue weighted by Crippen LogP contribution is -2.25. The molecule has 1 aliphatic heterocycles. The van der Waals surface area contributed by atoms with Crippen LogP contribution in [0.3, 0.4) is 0 Å². The molecular formula is C23H25N3O4. The van der Waals surface area contributed by atoms with Gasteiger partial charge in [0.1, 0.15) is 23.6 Å². The summed E-state index contributed by atoms with van der Waals surface area (Å²) in [5, 5.41) is 3.26. The third kappa shape index (κ3) is 4.07. The number of aromatic nitrogens is 2. The van der Waals surface area contributed by atoms with E-state index in [2.05, 4.69) is 10.3 Å². The maximum Gasteiger partial charge on any atom is 0.261 e. The van der Waals surface area contributed by atoms with Crippen molar-refractivity contribution >= 4 is 22.6 Å². The Morgan fingerprint density at radius 1 is 1.30 bits per heavy atom. The summed E-state index contributed by atoms with van der Waals surface area (Å²) in [6.07, 6.45) is 3.65. The highest BCUT2D eigenvalue weighted by Gasteiger charge is 2.19. The van der Waals surface area contributed by atoms with Crippen LogP contribution in [-0.4, -0.2) is 34.8 Å². The molecule has 2 aromatic heterocycles. The lowest BCUT2D eigenvalue weighted by molar-refractivity contribution is 0.0682. The number of nitrogens with zero attached hydrogens (tertiary/aromatic N) is 2. The van der Waals surface area contributed by atoms with E-state index in [1.165, 1.54) is 0 Å². The van der Waals surface area contributed by atoms with Crippen LogP contribution < -0.4 is 15.5 Å². The first-order chi connectivity index (χ1) is 14.6. The summed E-state index contributed by atoms with van der Waals surface area (Å²) >= 11 is 0. The number of ether oxygens (including phenoxy) is 2. The summed E-state index contributed by atoms with van der Waals surface area (Å²) in [4.78, 5) is 30.4. The smallest absolute Gasteiger partial charge is 0.261 e. The van der Waals surface area contributed by atoms with Crippen LogP contribution in [0.25, 0.3) is 11.0 Å². The van der Waals surface area contributed by atoms with E-state index < -0.39 is 5.91 Å².